The molecular formula is C13H8F3NO2. The number of carbonyl (C=O) groups excluding carboxylic acids is 1. The van der Waals surface area contributed by atoms with Crippen LogP contribution in [0.15, 0.2) is 42.7 Å². The van der Waals surface area contributed by atoms with E-state index in [-0.39, 0.29) is 16.9 Å². The largest absolute Gasteiger partial charge is 0.435 e. The highest BCUT2D eigenvalue weighted by molar-refractivity contribution is 6.09. The monoisotopic (exact) mass is 267 g/mol. The van der Waals surface area contributed by atoms with Crippen molar-refractivity contribution >= 4 is 5.78 Å². The normalized spacial score (nSPS) is 10.5. The summed E-state index contributed by atoms with van der Waals surface area (Å²) >= 11 is 0. The fourth-order valence-electron chi connectivity index (χ4n) is 1.51. The van der Waals surface area contributed by atoms with Gasteiger partial charge < -0.3 is 4.74 Å². The molecule has 1 aromatic heterocycles. The quantitative estimate of drug-likeness (QED) is 0.799. The van der Waals surface area contributed by atoms with Gasteiger partial charge in [0.15, 0.2) is 5.78 Å². The van der Waals surface area contributed by atoms with Gasteiger partial charge in [-0.15, -0.1) is 0 Å². The Morgan fingerprint density at radius 3 is 2.68 bits per heavy atom. The van der Waals surface area contributed by atoms with E-state index in [1.54, 1.807) is 0 Å². The van der Waals surface area contributed by atoms with E-state index in [0.29, 0.717) is 0 Å². The maximum atomic E-state index is 13.6. The van der Waals surface area contributed by atoms with E-state index >= 15 is 0 Å². The molecule has 0 saturated heterocycles. The Bertz CT molecular complexity index is 588. The molecule has 98 valence electrons. The molecule has 3 nitrogen and oxygen atoms in total. The van der Waals surface area contributed by atoms with Gasteiger partial charge in [-0.3, -0.25) is 9.78 Å². The van der Waals surface area contributed by atoms with E-state index in [4.69, 9.17) is 0 Å². The molecule has 19 heavy (non-hydrogen) atoms. The molecule has 0 aliphatic rings. The van der Waals surface area contributed by atoms with Crippen LogP contribution in [0.1, 0.15) is 15.9 Å². The minimum Gasteiger partial charge on any atom is -0.435 e. The van der Waals surface area contributed by atoms with E-state index in [0.717, 1.165) is 18.2 Å². The molecular weight excluding hydrogens is 259 g/mol. The molecule has 0 amide bonds. The van der Waals surface area contributed by atoms with Crippen molar-refractivity contribution in [2.24, 2.45) is 0 Å². The summed E-state index contributed by atoms with van der Waals surface area (Å²) in [4.78, 5) is 15.7. The fourth-order valence-corrected chi connectivity index (χ4v) is 1.51. The maximum absolute atomic E-state index is 13.6. The van der Waals surface area contributed by atoms with Gasteiger partial charge in [-0.25, -0.2) is 4.39 Å². The number of hydrogen-bond donors (Lipinski definition) is 0. The molecule has 2 aromatic rings. The molecule has 0 N–H and O–H groups in total. The highest BCUT2D eigenvalue weighted by atomic mass is 19.3. The van der Waals surface area contributed by atoms with Crippen molar-refractivity contribution in [1.29, 1.82) is 0 Å². The molecule has 6 heteroatoms. The number of ketones is 1. The third-order valence-corrected chi connectivity index (χ3v) is 2.33. The van der Waals surface area contributed by atoms with E-state index in [1.165, 1.54) is 24.5 Å². The SMILES string of the molecule is O=C(c1cccnc1)c1cc(OC(F)F)ccc1F. The first-order valence-corrected chi connectivity index (χ1v) is 5.27. The zero-order valence-corrected chi connectivity index (χ0v) is 9.52. The van der Waals surface area contributed by atoms with Gasteiger partial charge in [-0.05, 0) is 30.3 Å². The Kier molecular flexibility index (Phi) is 3.79. The number of benzene rings is 1. The molecule has 2 rings (SSSR count). The molecule has 0 spiro atoms. The summed E-state index contributed by atoms with van der Waals surface area (Å²) in [6.45, 7) is -3.04. The molecule has 0 radical (unpaired) electrons. The summed E-state index contributed by atoms with van der Waals surface area (Å²) < 4.78 is 41.8. The zero-order valence-electron chi connectivity index (χ0n) is 9.52. The lowest BCUT2D eigenvalue weighted by Crippen LogP contribution is -2.07. The Morgan fingerprint density at radius 2 is 2.05 bits per heavy atom. The second-order valence-electron chi connectivity index (χ2n) is 3.59. The number of pyridine rings is 1. The van der Waals surface area contributed by atoms with Gasteiger partial charge in [0.2, 0.25) is 0 Å². The van der Waals surface area contributed by atoms with Crippen LogP contribution in [0.2, 0.25) is 0 Å². The van der Waals surface area contributed by atoms with Gasteiger partial charge in [0.1, 0.15) is 11.6 Å². The van der Waals surface area contributed by atoms with Crippen LogP contribution in [0.3, 0.4) is 0 Å². The topological polar surface area (TPSA) is 39.2 Å². The molecule has 1 aromatic carbocycles. The van der Waals surface area contributed by atoms with Crippen molar-refractivity contribution in [2.45, 2.75) is 6.61 Å². The van der Waals surface area contributed by atoms with Gasteiger partial charge in [-0.2, -0.15) is 8.78 Å². The van der Waals surface area contributed by atoms with Crippen molar-refractivity contribution in [3.05, 3.63) is 59.7 Å². The summed E-state index contributed by atoms with van der Waals surface area (Å²) in [5.74, 6) is -1.73. The van der Waals surface area contributed by atoms with Gasteiger partial charge in [0.25, 0.3) is 0 Å². The summed E-state index contributed by atoms with van der Waals surface area (Å²) in [6, 6.07) is 5.85. The second-order valence-corrected chi connectivity index (χ2v) is 3.59. The maximum Gasteiger partial charge on any atom is 0.387 e. The predicted molar refractivity (Wildman–Crippen MR) is 60.7 cm³/mol. The van der Waals surface area contributed by atoms with Gasteiger partial charge in [0.05, 0.1) is 5.56 Å². The van der Waals surface area contributed by atoms with Gasteiger partial charge in [-0.1, -0.05) is 0 Å². The highest BCUT2D eigenvalue weighted by Gasteiger charge is 2.16. The van der Waals surface area contributed by atoms with E-state index in [9.17, 15) is 18.0 Å². The third kappa shape index (κ3) is 3.09. The first kappa shape index (κ1) is 13.1. The second kappa shape index (κ2) is 5.51. The number of hydrogen-bond acceptors (Lipinski definition) is 3. The first-order chi connectivity index (χ1) is 9.08. The molecule has 1 heterocycles. The lowest BCUT2D eigenvalue weighted by Gasteiger charge is -2.07. The highest BCUT2D eigenvalue weighted by Crippen LogP contribution is 2.21. The van der Waals surface area contributed by atoms with Crippen molar-refractivity contribution in [3.63, 3.8) is 0 Å². The Labute approximate surface area is 106 Å². The number of nitrogens with zero attached hydrogens (tertiary/aromatic N) is 1. The smallest absolute Gasteiger partial charge is 0.387 e. The molecule has 0 saturated carbocycles. The molecule has 0 fully saturated rings. The van der Waals surface area contributed by atoms with Crippen molar-refractivity contribution in [3.8, 4) is 5.75 Å². The van der Waals surface area contributed by atoms with Crippen LogP contribution >= 0.6 is 0 Å². The first-order valence-electron chi connectivity index (χ1n) is 5.27. The number of carbonyl (C=O) groups is 1. The van der Waals surface area contributed by atoms with Crippen LogP contribution in [-0.2, 0) is 0 Å². The van der Waals surface area contributed by atoms with E-state index in [2.05, 4.69) is 9.72 Å². The lowest BCUT2D eigenvalue weighted by atomic mass is 10.0. The summed E-state index contributed by atoms with van der Waals surface area (Å²) in [6.07, 6.45) is 2.73. The minimum absolute atomic E-state index is 0.163. The van der Waals surface area contributed by atoms with Crippen LogP contribution in [-0.4, -0.2) is 17.4 Å². The summed E-state index contributed by atoms with van der Waals surface area (Å²) in [7, 11) is 0. The van der Waals surface area contributed by atoms with Crippen molar-refractivity contribution in [2.75, 3.05) is 0 Å². The average molecular weight is 267 g/mol. The Balaban J connectivity index is 2.36. The van der Waals surface area contributed by atoms with E-state index < -0.39 is 18.2 Å². The standard InChI is InChI=1S/C13H8F3NO2/c14-11-4-3-9(19-13(15)16)6-10(11)12(18)8-2-1-5-17-7-8/h1-7,13H. The molecule has 0 unspecified atom stereocenters. The van der Waals surface area contributed by atoms with Crippen LogP contribution in [0.4, 0.5) is 13.2 Å². The number of aromatic nitrogens is 1. The van der Waals surface area contributed by atoms with Gasteiger partial charge in [0, 0.05) is 18.0 Å². The number of ether oxygens (including phenoxy) is 1. The lowest BCUT2D eigenvalue weighted by molar-refractivity contribution is -0.0499. The number of rotatable bonds is 4. The fraction of sp³-hybridized carbons (Fsp3) is 0.0769. The predicted octanol–water partition coefficient (Wildman–Crippen LogP) is 3.05. The van der Waals surface area contributed by atoms with Gasteiger partial charge >= 0.3 is 6.61 Å². The van der Waals surface area contributed by atoms with Crippen molar-refractivity contribution in [1.82, 2.24) is 4.98 Å². The van der Waals surface area contributed by atoms with Crippen LogP contribution < -0.4 is 4.74 Å². The third-order valence-electron chi connectivity index (χ3n) is 2.33. The number of halogens is 3. The van der Waals surface area contributed by atoms with Crippen LogP contribution in [0.25, 0.3) is 0 Å². The minimum atomic E-state index is -3.04. The summed E-state index contributed by atoms with van der Waals surface area (Å²) in [5.41, 5.74) is -0.179. The summed E-state index contributed by atoms with van der Waals surface area (Å²) in [5, 5.41) is 0. The number of alkyl halides is 2. The average Bonchev–Trinajstić information content (AvgIpc) is 2.40. The van der Waals surface area contributed by atoms with Crippen LogP contribution in [0.5, 0.6) is 5.75 Å². The molecule has 0 aliphatic heterocycles. The Hall–Kier alpha value is -2.37. The Morgan fingerprint density at radius 1 is 1.26 bits per heavy atom. The molecule has 0 atom stereocenters. The van der Waals surface area contributed by atoms with E-state index in [1.807, 2.05) is 0 Å². The van der Waals surface area contributed by atoms with Crippen molar-refractivity contribution < 1.29 is 22.7 Å². The molecule has 0 bridgehead atoms. The van der Waals surface area contributed by atoms with Crippen LogP contribution in [0, 0.1) is 5.82 Å². The molecule has 0 aliphatic carbocycles. The zero-order chi connectivity index (χ0) is 13.8.